The lowest BCUT2D eigenvalue weighted by atomic mass is 9.97. The number of rotatable bonds is 9. The summed E-state index contributed by atoms with van der Waals surface area (Å²) in [7, 11) is 1.36. The summed E-state index contributed by atoms with van der Waals surface area (Å²) in [5.41, 5.74) is 7.63. The Balaban J connectivity index is 1.27. The number of fused-ring (bicyclic) bond motifs is 3. The fourth-order valence-electron chi connectivity index (χ4n) is 7.09. The van der Waals surface area contributed by atoms with Crippen LogP contribution in [0.15, 0.2) is 36.5 Å². The van der Waals surface area contributed by atoms with Crippen molar-refractivity contribution in [3.63, 3.8) is 0 Å². The Labute approximate surface area is 290 Å². The van der Waals surface area contributed by atoms with Crippen molar-refractivity contribution in [2.75, 3.05) is 13.7 Å². The van der Waals surface area contributed by atoms with Crippen molar-refractivity contribution in [2.24, 2.45) is 0 Å². The number of carbonyl (C=O) groups is 4. The minimum Gasteiger partial charge on any atom is -0.465 e. The first-order valence-corrected chi connectivity index (χ1v) is 17.0. The molecule has 2 N–H and O–H groups in total. The van der Waals surface area contributed by atoms with E-state index in [4.69, 9.17) is 14.2 Å². The fourth-order valence-corrected chi connectivity index (χ4v) is 7.09. The van der Waals surface area contributed by atoms with E-state index in [1.807, 2.05) is 52.8 Å². The van der Waals surface area contributed by atoms with Gasteiger partial charge in [-0.05, 0) is 119 Å². The molecule has 2 aliphatic carbocycles. The van der Waals surface area contributed by atoms with E-state index < -0.39 is 23.4 Å². The van der Waals surface area contributed by atoms with Crippen LogP contribution in [0.5, 0.6) is 0 Å². The first kappa shape index (κ1) is 34.8. The maximum Gasteiger partial charge on any atom is 0.343 e. The first-order chi connectivity index (χ1) is 23.8. The standard InChI is InChI=1S/C38H43N5O7/c1-8-49-36(46)29-19-40-43-22(18-39-30-15-13-23-21(3)26(10-11-27(23)30)37(47)50-38(4,5)6)17-32(41-33(29)43)34(44)42-31-16-14-24-20(2)25(35(45)48-7)9-12-28(24)31/h9-12,17,19,30-31,39H,8,13-16,18H2,1-7H3,(H,42,44)/t30-,31+/m0/s1. The average molecular weight is 682 g/mol. The number of amides is 1. The molecule has 1 amide bonds. The molecule has 4 aromatic rings. The highest BCUT2D eigenvalue weighted by molar-refractivity contribution is 5.98. The highest BCUT2D eigenvalue weighted by Crippen LogP contribution is 2.37. The number of benzene rings is 2. The van der Waals surface area contributed by atoms with Crippen LogP contribution in [0, 0.1) is 13.8 Å². The maximum atomic E-state index is 13.8. The minimum atomic E-state index is -0.589. The summed E-state index contributed by atoms with van der Waals surface area (Å²) in [6.45, 7) is 11.6. The SMILES string of the molecule is CCOC(=O)c1cnn2c(CN[C@H]3CCc4c3ccc(C(=O)OC(C)(C)C)c4C)cc(C(=O)N[C@@H]3CCc4c3ccc(C(=O)OC)c4C)nc12. The molecule has 0 saturated carbocycles. The third kappa shape index (κ3) is 6.59. The summed E-state index contributed by atoms with van der Waals surface area (Å²) in [6, 6.07) is 8.81. The van der Waals surface area contributed by atoms with E-state index in [2.05, 4.69) is 20.7 Å². The number of ether oxygens (including phenoxy) is 3. The Morgan fingerprint density at radius 2 is 1.50 bits per heavy atom. The second-order valence-electron chi connectivity index (χ2n) is 13.8. The van der Waals surface area contributed by atoms with Crippen molar-refractivity contribution in [1.82, 2.24) is 25.2 Å². The van der Waals surface area contributed by atoms with Crippen molar-refractivity contribution in [2.45, 2.75) is 91.5 Å². The van der Waals surface area contributed by atoms with Gasteiger partial charge in [0.2, 0.25) is 0 Å². The van der Waals surface area contributed by atoms with Gasteiger partial charge in [-0.3, -0.25) is 4.79 Å². The molecule has 6 rings (SSSR count). The number of carbonyl (C=O) groups excluding carboxylic acids is 4. The van der Waals surface area contributed by atoms with Gasteiger partial charge in [-0.25, -0.2) is 23.9 Å². The molecule has 0 spiro atoms. The molecular formula is C38H43N5O7. The van der Waals surface area contributed by atoms with Gasteiger partial charge in [-0.2, -0.15) is 5.10 Å². The second-order valence-corrected chi connectivity index (χ2v) is 13.8. The van der Waals surface area contributed by atoms with Crippen LogP contribution in [0.3, 0.4) is 0 Å². The van der Waals surface area contributed by atoms with Crippen molar-refractivity contribution < 1.29 is 33.4 Å². The number of hydrogen-bond acceptors (Lipinski definition) is 10. The Hall–Kier alpha value is -5.10. The van der Waals surface area contributed by atoms with Gasteiger partial charge in [0.05, 0.1) is 42.8 Å². The van der Waals surface area contributed by atoms with Crippen LogP contribution in [-0.2, 0) is 33.6 Å². The van der Waals surface area contributed by atoms with E-state index >= 15 is 0 Å². The lowest BCUT2D eigenvalue weighted by Crippen LogP contribution is -2.29. The van der Waals surface area contributed by atoms with Gasteiger partial charge in [0, 0.05) is 12.6 Å². The van der Waals surface area contributed by atoms with Gasteiger partial charge in [-0.15, -0.1) is 0 Å². The fraction of sp³-hybridized carbons (Fsp3) is 0.421. The quantitative estimate of drug-likeness (QED) is 0.172. The van der Waals surface area contributed by atoms with E-state index in [0.29, 0.717) is 36.2 Å². The van der Waals surface area contributed by atoms with Crippen LogP contribution >= 0.6 is 0 Å². The molecule has 2 heterocycles. The van der Waals surface area contributed by atoms with Crippen LogP contribution in [0.1, 0.15) is 133 Å². The molecule has 262 valence electrons. The largest absolute Gasteiger partial charge is 0.465 e. The predicted octanol–water partition coefficient (Wildman–Crippen LogP) is 5.46. The maximum absolute atomic E-state index is 13.8. The van der Waals surface area contributed by atoms with Crippen molar-refractivity contribution in [3.8, 4) is 0 Å². The van der Waals surface area contributed by atoms with E-state index in [1.165, 1.54) is 13.3 Å². The smallest absolute Gasteiger partial charge is 0.343 e. The minimum absolute atomic E-state index is 0.00919. The Morgan fingerprint density at radius 1 is 0.880 bits per heavy atom. The third-order valence-corrected chi connectivity index (χ3v) is 9.52. The number of nitrogens with zero attached hydrogens (tertiary/aromatic N) is 3. The molecule has 12 heteroatoms. The van der Waals surface area contributed by atoms with Crippen molar-refractivity contribution in [1.29, 1.82) is 0 Å². The van der Waals surface area contributed by atoms with E-state index in [-0.39, 0.29) is 41.6 Å². The van der Waals surface area contributed by atoms with Gasteiger partial charge < -0.3 is 24.8 Å². The molecule has 0 bridgehead atoms. The third-order valence-electron chi connectivity index (χ3n) is 9.52. The summed E-state index contributed by atoms with van der Waals surface area (Å²) in [5, 5.41) is 11.2. The van der Waals surface area contributed by atoms with Gasteiger partial charge >= 0.3 is 17.9 Å². The summed E-state index contributed by atoms with van der Waals surface area (Å²) < 4.78 is 17.4. The number of hydrogen-bond donors (Lipinski definition) is 2. The van der Waals surface area contributed by atoms with Crippen LogP contribution in [0.2, 0.25) is 0 Å². The molecule has 0 aliphatic heterocycles. The lowest BCUT2D eigenvalue weighted by molar-refractivity contribution is 0.00680. The number of nitrogens with one attached hydrogen (secondary N) is 2. The molecule has 0 saturated heterocycles. The van der Waals surface area contributed by atoms with Crippen LogP contribution in [0.4, 0.5) is 0 Å². The monoisotopic (exact) mass is 681 g/mol. The molecule has 2 aromatic heterocycles. The molecule has 12 nitrogen and oxygen atoms in total. The zero-order valence-corrected chi connectivity index (χ0v) is 29.6. The zero-order chi connectivity index (χ0) is 35.9. The summed E-state index contributed by atoms with van der Waals surface area (Å²) in [6.07, 6.45) is 4.40. The number of aromatic nitrogens is 3. The molecule has 0 unspecified atom stereocenters. The average Bonchev–Trinajstić information content (AvgIpc) is 3.80. The van der Waals surface area contributed by atoms with Crippen LogP contribution in [0.25, 0.3) is 5.65 Å². The first-order valence-electron chi connectivity index (χ1n) is 17.0. The Morgan fingerprint density at radius 3 is 2.12 bits per heavy atom. The summed E-state index contributed by atoms with van der Waals surface area (Å²) >= 11 is 0. The van der Waals surface area contributed by atoms with E-state index in [9.17, 15) is 19.2 Å². The molecule has 0 radical (unpaired) electrons. The number of esters is 3. The zero-order valence-electron chi connectivity index (χ0n) is 29.6. The number of methoxy groups -OCH3 is 1. The Bertz CT molecular complexity index is 2030. The molecule has 2 aliphatic rings. The predicted molar refractivity (Wildman–Crippen MR) is 184 cm³/mol. The van der Waals surface area contributed by atoms with Crippen LogP contribution in [-0.4, -0.2) is 57.7 Å². The van der Waals surface area contributed by atoms with E-state index in [1.54, 1.807) is 23.6 Å². The van der Waals surface area contributed by atoms with Crippen molar-refractivity contribution >= 4 is 29.5 Å². The van der Waals surface area contributed by atoms with Crippen molar-refractivity contribution in [3.05, 3.63) is 98.0 Å². The van der Waals surface area contributed by atoms with Gasteiger partial charge in [-0.1, -0.05) is 12.1 Å². The normalized spacial score (nSPS) is 16.5. The molecule has 50 heavy (non-hydrogen) atoms. The van der Waals surface area contributed by atoms with Gasteiger partial charge in [0.1, 0.15) is 16.9 Å². The highest BCUT2D eigenvalue weighted by atomic mass is 16.6. The molecule has 2 atom stereocenters. The second kappa shape index (κ2) is 13.7. The molecular weight excluding hydrogens is 638 g/mol. The highest BCUT2D eigenvalue weighted by Gasteiger charge is 2.31. The summed E-state index contributed by atoms with van der Waals surface area (Å²) in [5.74, 6) is -1.70. The topological polar surface area (TPSA) is 150 Å². The van der Waals surface area contributed by atoms with Crippen LogP contribution < -0.4 is 10.6 Å². The van der Waals surface area contributed by atoms with Gasteiger partial charge in [0.25, 0.3) is 5.91 Å². The van der Waals surface area contributed by atoms with E-state index in [0.717, 1.165) is 46.2 Å². The Kier molecular flexibility index (Phi) is 9.50. The summed E-state index contributed by atoms with van der Waals surface area (Å²) in [4.78, 5) is 56.4. The molecule has 0 fully saturated rings. The molecule has 2 aromatic carbocycles. The lowest BCUT2D eigenvalue weighted by Gasteiger charge is -2.21. The van der Waals surface area contributed by atoms with Gasteiger partial charge in [0.15, 0.2) is 5.65 Å².